The van der Waals surface area contributed by atoms with Crippen LogP contribution in [-0.4, -0.2) is 83.9 Å². The summed E-state index contributed by atoms with van der Waals surface area (Å²) in [4.78, 5) is 45.4. The Labute approximate surface area is 223 Å². The molecule has 0 saturated carbocycles. The number of hydrogen-bond acceptors (Lipinski definition) is 8. The van der Waals surface area contributed by atoms with E-state index in [2.05, 4.69) is 15.4 Å². The third-order valence-corrected chi connectivity index (χ3v) is 6.53. The summed E-state index contributed by atoms with van der Waals surface area (Å²) in [6, 6.07) is -0.614. The highest BCUT2D eigenvalue weighted by Crippen LogP contribution is 2.39. The van der Waals surface area contributed by atoms with Gasteiger partial charge in [-0.05, 0) is 13.0 Å². The van der Waals surface area contributed by atoms with E-state index in [1.54, 1.807) is 10.00 Å². The standard InChI is InChI=1S/C23H25F6N7O4/c1-12(32-14-9-31-33-20(38)18(14)23(27,28)29)11-40-6-3-17(37)35-4-5-36-16(10-35)21(39)34(2)15-7-13(22(24,25)26)8-30-19(15)36/h7-9,12,16H,3-6,10-11H2,1-2H3,(H2,32,33,38). The number of ether oxygens (including phenoxy) is 1. The molecule has 0 aliphatic carbocycles. The molecule has 4 rings (SSSR count). The van der Waals surface area contributed by atoms with Crippen molar-refractivity contribution in [2.24, 2.45) is 0 Å². The minimum Gasteiger partial charge on any atom is -0.379 e. The van der Waals surface area contributed by atoms with Gasteiger partial charge in [-0.1, -0.05) is 0 Å². The van der Waals surface area contributed by atoms with Crippen molar-refractivity contribution in [3.05, 3.63) is 39.9 Å². The van der Waals surface area contributed by atoms with Crippen LogP contribution in [0.15, 0.2) is 23.3 Å². The average Bonchev–Trinajstić information content (AvgIpc) is 2.87. The van der Waals surface area contributed by atoms with E-state index in [1.165, 1.54) is 18.9 Å². The van der Waals surface area contributed by atoms with Crippen molar-refractivity contribution in [1.29, 1.82) is 0 Å². The zero-order valence-electron chi connectivity index (χ0n) is 21.3. The predicted octanol–water partition coefficient (Wildman–Crippen LogP) is 2.10. The summed E-state index contributed by atoms with van der Waals surface area (Å²) in [6.45, 7) is 1.75. The molecule has 0 aromatic carbocycles. The Morgan fingerprint density at radius 3 is 2.58 bits per heavy atom. The van der Waals surface area contributed by atoms with E-state index in [-0.39, 0.29) is 56.7 Å². The number of H-pyrrole nitrogens is 1. The highest BCUT2D eigenvalue weighted by molar-refractivity contribution is 6.05. The molecule has 4 heterocycles. The van der Waals surface area contributed by atoms with E-state index < -0.39 is 52.7 Å². The summed E-state index contributed by atoms with van der Waals surface area (Å²) in [5.41, 5.74) is -4.24. The van der Waals surface area contributed by atoms with Gasteiger partial charge in [-0.3, -0.25) is 14.4 Å². The maximum Gasteiger partial charge on any atom is 0.423 e. The Bertz CT molecular complexity index is 1330. The van der Waals surface area contributed by atoms with Gasteiger partial charge < -0.3 is 24.8 Å². The largest absolute Gasteiger partial charge is 0.423 e. The number of anilines is 3. The van der Waals surface area contributed by atoms with Crippen molar-refractivity contribution in [3.8, 4) is 0 Å². The third kappa shape index (κ3) is 5.97. The monoisotopic (exact) mass is 577 g/mol. The van der Waals surface area contributed by atoms with Crippen LogP contribution >= 0.6 is 0 Å². The number of carbonyl (C=O) groups is 2. The number of aromatic amines is 1. The Balaban J connectivity index is 1.30. The fourth-order valence-corrected chi connectivity index (χ4v) is 4.56. The number of nitrogens with zero attached hydrogens (tertiary/aromatic N) is 5. The topological polar surface area (TPSA) is 124 Å². The Kier molecular flexibility index (Phi) is 7.96. The molecule has 2 N–H and O–H groups in total. The first-order valence-electron chi connectivity index (χ1n) is 12.1. The smallest absolute Gasteiger partial charge is 0.379 e. The van der Waals surface area contributed by atoms with E-state index in [4.69, 9.17) is 4.74 Å². The van der Waals surface area contributed by atoms with E-state index in [1.807, 2.05) is 0 Å². The minimum atomic E-state index is -4.89. The molecule has 0 bridgehead atoms. The van der Waals surface area contributed by atoms with Crippen LogP contribution in [0.5, 0.6) is 0 Å². The fraction of sp³-hybridized carbons (Fsp3) is 0.522. The molecular formula is C23H25F6N7O4. The van der Waals surface area contributed by atoms with Gasteiger partial charge in [0.15, 0.2) is 5.82 Å². The van der Waals surface area contributed by atoms with Crippen LogP contribution in [0.4, 0.5) is 43.5 Å². The second kappa shape index (κ2) is 10.9. The molecular weight excluding hydrogens is 552 g/mol. The van der Waals surface area contributed by atoms with Crippen molar-refractivity contribution in [2.45, 2.75) is 37.8 Å². The second-order valence-electron chi connectivity index (χ2n) is 9.37. The normalized spacial score (nSPS) is 18.4. The fourth-order valence-electron chi connectivity index (χ4n) is 4.56. The van der Waals surface area contributed by atoms with Crippen molar-refractivity contribution in [2.75, 3.05) is 55.0 Å². The van der Waals surface area contributed by atoms with E-state index in [0.717, 1.165) is 17.2 Å². The van der Waals surface area contributed by atoms with Crippen LogP contribution in [0, 0.1) is 0 Å². The number of alkyl halides is 6. The lowest BCUT2D eigenvalue weighted by Gasteiger charge is -2.46. The zero-order chi connectivity index (χ0) is 29.4. The summed E-state index contributed by atoms with van der Waals surface area (Å²) < 4.78 is 84.4. The van der Waals surface area contributed by atoms with E-state index >= 15 is 0 Å². The van der Waals surface area contributed by atoms with Crippen molar-refractivity contribution >= 4 is 29.0 Å². The number of fused-ring (bicyclic) bond motifs is 3. The number of pyridine rings is 1. The summed E-state index contributed by atoms with van der Waals surface area (Å²) >= 11 is 0. The molecule has 0 radical (unpaired) electrons. The molecule has 1 fully saturated rings. The molecule has 17 heteroatoms. The molecule has 218 valence electrons. The van der Waals surface area contributed by atoms with E-state index in [9.17, 15) is 40.7 Å². The van der Waals surface area contributed by atoms with Gasteiger partial charge in [0.1, 0.15) is 11.6 Å². The lowest BCUT2D eigenvalue weighted by atomic mass is 10.0. The van der Waals surface area contributed by atoms with Gasteiger partial charge in [-0.15, -0.1) is 0 Å². The number of hydrogen-bond donors (Lipinski definition) is 2. The number of rotatable bonds is 7. The summed E-state index contributed by atoms with van der Waals surface area (Å²) in [5.74, 6) is -0.587. The zero-order valence-corrected chi connectivity index (χ0v) is 21.3. The molecule has 2 aliphatic rings. The van der Waals surface area contributed by atoms with Gasteiger partial charge in [-0.2, -0.15) is 31.4 Å². The minimum absolute atomic E-state index is 0.00210. The maximum atomic E-state index is 13.2. The van der Waals surface area contributed by atoms with Crippen LogP contribution in [0.1, 0.15) is 24.5 Å². The lowest BCUT2D eigenvalue weighted by molar-refractivity contribution is -0.138. The molecule has 2 atom stereocenters. The van der Waals surface area contributed by atoms with Gasteiger partial charge in [0.2, 0.25) is 5.91 Å². The Morgan fingerprint density at radius 1 is 1.18 bits per heavy atom. The third-order valence-electron chi connectivity index (χ3n) is 6.53. The number of nitrogens with one attached hydrogen (secondary N) is 2. The van der Waals surface area contributed by atoms with Gasteiger partial charge >= 0.3 is 12.4 Å². The molecule has 1 saturated heterocycles. The molecule has 0 spiro atoms. The lowest BCUT2D eigenvalue weighted by Crippen LogP contribution is -2.63. The summed E-state index contributed by atoms with van der Waals surface area (Å²) in [5, 5.41) is 7.65. The van der Waals surface area contributed by atoms with Crippen LogP contribution in [0.3, 0.4) is 0 Å². The van der Waals surface area contributed by atoms with Gasteiger partial charge in [0.05, 0.1) is 49.3 Å². The number of amides is 2. The molecule has 2 aromatic rings. The van der Waals surface area contributed by atoms with Crippen molar-refractivity contribution in [3.63, 3.8) is 0 Å². The van der Waals surface area contributed by atoms with Crippen LogP contribution in [-0.2, 0) is 26.7 Å². The van der Waals surface area contributed by atoms with Gasteiger partial charge in [0, 0.05) is 32.4 Å². The molecule has 2 amide bonds. The quantitative estimate of drug-likeness (QED) is 0.379. The molecule has 40 heavy (non-hydrogen) atoms. The summed E-state index contributed by atoms with van der Waals surface area (Å²) in [7, 11) is 1.35. The maximum absolute atomic E-state index is 13.2. The second-order valence-corrected chi connectivity index (χ2v) is 9.37. The SMILES string of the molecule is CC(COCCC(=O)N1CCN2c3ncc(C(F)(F)F)cc3N(C)C(=O)C2C1)Nc1cn[nH]c(=O)c1C(F)(F)F. The van der Waals surface area contributed by atoms with Crippen molar-refractivity contribution < 1.29 is 40.7 Å². The van der Waals surface area contributed by atoms with Crippen LogP contribution in [0.2, 0.25) is 0 Å². The highest BCUT2D eigenvalue weighted by Gasteiger charge is 2.43. The predicted molar refractivity (Wildman–Crippen MR) is 129 cm³/mol. The van der Waals surface area contributed by atoms with Gasteiger partial charge in [-0.25, -0.2) is 10.1 Å². The van der Waals surface area contributed by atoms with Gasteiger partial charge in [0.25, 0.3) is 11.5 Å². The number of halogens is 6. The first-order valence-corrected chi connectivity index (χ1v) is 12.1. The molecule has 2 aliphatic heterocycles. The highest BCUT2D eigenvalue weighted by atomic mass is 19.4. The van der Waals surface area contributed by atoms with Crippen molar-refractivity contribution in [1.82, 2.24) is 20.1 Å². The molecule has 2 aromatic heterocycles. The first-order chi connectivity index (χ1) is 18.7. The van der Waals surface area contributed by atoms with Crippen LogP contribution in [0.25, 0.3) is 0 Å². The average molecular weight is 577 g/mol. The Morgan fingerprint density at radius 2 is 1.90 bits per heavy atom. The number of aromatic nitrogens is 3. The summed E-state index contributed by atoms with van der Waals surface area (Å²) in [6.07, 6.45) is -8.03. The van der Waals surface area contributed by atoms with E-state index in [0.29, 0.717) is 6.20 Å². The Hall–Kier alpha value is -3.89. The van der Waals surface area contributed by atoms with Crippen LogP contribution < -0.4 is 20.7 Å². The number of piperazine rings is 1. The molecule has 2 unspecified atom stereocenters. The number of carbonyl (C=O) groups excluding carboxylic acids is 2. The number of likely N-dealkylation sites (N-methyl/N-ethyl adjacent to an activating group) is 1. The molecule has 11 nitrogen and oxygen atoms in total. The first kappa shape index (κ1) is 29.1.